The Labute approximate surface area is 96.3 Å². The molecular formula is C10H19NO2S2. The van der Waals surface area contributed by atoms with Crippen molar-refractivity contribution in [3.63, 3.8) is 0 Å². The molecule has 0 aromatic rings. The average Bonchev–Trinajstić information content (AvgIpc) is 2.69. The van der Waals surface area contributed by atoms with Gasteiger partial charge in [0, 0.05) is 17.8 Å². The quantitative estimate of drug-likeness (QED) is 0.812. The van der Waals surface area contributed by atoms with Crippen LogP contribution in [0.3, 0.4) is 0 Å². The first-order chi connectivity index (χ1) is 7.16. The van der Waals surface area contributed by atoms with Crippen LogP contribution in [-0.4, -0.2) is 43.5 Å². The average molecular weight is 249 g/mol. The smallest absolute Gasteiger partial charge is 0.150 e. The van der Waals surface area contributed by atoms with Gasteiger partial charge < -0.3 is 5.32 Å². The standard InChI is InChI=1S/C10H19NO2S2/c12-15(13)6-3-9(4-7-15)11-8-10-2-1-5-14-10/h9-11H,1-8H2. The molecule has 2 rings (SSSR count). The minimum absolute atomic E-state index is 0.377. The minimum atomic E-state index is -2.70. The lowest BCUT2D eigenvalue weighted by atomic mass is 10.1. The zero-order valence-corrected chi connectivity index (χ0v) is 10.6. The van der Waals surface area contributed by atoms with Crippen molar-refractivity contribution in [2.45, 2.75) is 37.0 Å². The van der Waals surface area contributed by atoms with Crippen LogP contribution in [0, 0.1) is 0 Å². The van der Waals surface area contributed by atoms with Gasteiger partial charge in [-0.25, -0.2) is 8.42 Å². The van der Waals surface area contributed by atoms with Crippen LogP contribution in [0.25, 0.3) is 0 Å². The maximum atomic E-state index is 11.2. The van der Waals surface area contributed by atoms with Crippen molar-refractivity contribution in [2.75, 3.05) is 23.8 Å². The molecule has 0 saturated carbocycles. The van der Waals surface area contributed by atoms with E-state index in [4.69, 9.17) is 0 Å². The summed E-state index contributed by atoms with van der Waals surface area (Å²) in [5.41, 5.74) is 0. The van der Waals surface area contributed by atoms with Crippen molar-refractivity contribution in [1.82, 2.24) is 5.32 Å². The van der Waals surface area contributed by atoms with Crippen LogP contribution >= 0.6 is 11.8 Å². The first-order valence-corrected chi connectivity index (χ1v) is 8.58. The summed E-state index contributed by atoms with van der Waals surface area (Å²) in [6.45, 7) is 1.06. The molecule has 0 radical (unpaired) electrons. The lowest BCUT2D eigenvalue weighted by Gasteiger charge is -2.24. The molecule has 2 aliphatic rings. The zero-order valence-electron chi connectivity index (χ0n) is 8.94. The van der Waals surface area contributed by atoms with Crippen LogP contribution in [0.15, 0.2) is 0 Å². The highest BCUT2D eigenvalue weighted by Gasteiger charge is 2.24. The molecule has 0 bridgehead atoms. The van der Waals surface area contributed by atoms with Gasteiger partial charge in [0.25, 0.3) is 0 Å². The van der Waals surface area contributed by atoms with E-state index in [2.05, 4.69) is 5.32 Å². The second-order valence-corrected chi connectivity index (χ2v) is 8.18. The van der Waals surface area contributed by atoms with Crippen molar-refractivity contribution in [1.29, 1.82) is 0 Å². The molecule has 2 aliphatic heterocycles. The van der Waals surface area contributed by atoms with Crippen molar-refractivity contribution in [2.24, 2.45) is 0 Å². The molecule has 0 amide bonds. The van der Waals surface area contributed by atoms with Crippen LogP contribution in [0.2, 0.25) is 0 Å². The number of rotatable bonds is 3. The Morgan fingerprint density at radius 2 is 1.93 bits per heavy atom. The molecule has 5 heteroatoms. The maximum Gasteiger partial charge on any atom is 0.150 e. The van der Waals surface area contributed by atoms with E-state index < -0.39 is 9.84 Å². The SMILES string of the molecule is O=S1(=O)CCC(NCC2CCCS2)CC1. The molecule has 0 aromatic heterocycles. The topological polar surface area (TPSA) is 46.2 Å². The Balaban J connectivity index is 1.68. The van der Waals surface area contributed by atoms with Crippen molar-refractivity contribution < 1.29 is 8.42 Å². The van der Waals surface area contributed by atoms with Gasteiger partial charge in [-0.05, 0) is 31.4 Å². The van der Waals surface area contributed by atoms with Gasteiger partial charge in [-0.2, -0.15) is 11.8 Å². The summed E-state index contributed by atoms with van der Waals surface area (Å²) in [5.74, 6) is 2.05. The maximum absolute atomic E-state index is 11.2. The first kappa shape index (κ1) is 11.7. The third kappa shape index (κ3) is 3.64. The minimum Gasteiger partial charge on any atom is -0.313 e. The van der Waals surface area contributed by atoms with Crippen LogP contribution in [-0.2, 0) is 9.84 Å². The lowest BCUT2D eigenvalue weighted by molar-refractivity contribution is 0.461. The van der Waals surface area contributed by atoms with Gasteiger partial charge in [-0.15, -0.1) is 0 Å². The molecular weight excluding hydrogens is 230 g/mol. The Kier molecular flexibility index (Phi) is 3.96. The summed E-state index contributed by atoms with van der Waals surface area (Å²) in [5, 5.41) is 4.28. The fourth-order valence-corrected chi connectivity index (χ4v) is 4.90. The zero-order chi connectivity index (χ0) is 10.7. The molecule has 15 heavy (non-hydrogen) atoms. The first-order valence-electron chi connectivity index (χ1n) is 5.71. The van der Waals surface area contributed by atoms with Crippen LogP contribution in [0.1, 0.15) is 25.7 Å². The molecule has 2 fully saturated rings. The predicted octanol–water partition coefficient (Wildman–Crippen LogP) is 1.05. The van der Waals surface area contributed by atoms with E-state index in [0.717, 1.165) is 24.6 Å². The second kappa shape index (κ2) is 5.06. The van der Waals surface area contributed by atoms with Crippen molar-refractivity contribution in [3.8, 4) is 0 Å². The van der Waals surface area contributed by atoms with E-state index in [1.807, 2.05) is 11.8 Å². The molecule has 0 spiro atoms. The van der Waals surface area contributed by atoms with E-state index in [-0.39, 0.29) is 0 Å². The van der Waals surface area contributed by atoms with Gasteiger partial charge in [-0.1, -0.05) is 0 Å². The summed E-state index contributed by atoms with van der Waals surface area (Å²) < 4.78 is 22.4. The normalized spacial score (nSPS) is 31.9. The number of sulfone groups is 1. The summed E-state index contributed by atoms with van der Waals surface area (Å²) in [7, 11) is -2.70. The summed E-state index contributed by atoms with van der Waals surface area (Å²) >= 11 is 2.05. The third-order valence-electron chi connectivity index (χ3n) is 3.21. The summed E-state index contributed by atoms with van der Waals surface area (Å²) in [6.07, 6.45) is 4.28. The van der Waals surface area contributed by atoms with Gasteiger partial charge in [-0.3, -0.25) is 0 Å². The Morgan fingerprint density at radius 3 is 2.53 bits per heavy atom. The fraction of sp³-hybridized carbons (Fsp3) is 1.00. The van der Waals surface area contributed by atoms with Gasteiger partial charge in [0.15, 0.2) is 0 Å². The summed E-state index contributed by atoms with van der Waals surface area (Å²) in [4.78, 5) is 0. The molecule has 1 atom stereocenters. The molecule has 2 heterocycles. The van der Waals surface area contributed by atoms with Gasteiger partial charge >= 0.3 is 0 Å². The highest BCUT2D eigenvalue weighted by atomic mass is 32.2. The Bertz CT molecular complexity index is 283. The van der Waals surface area contributed by atoms with Crippen LogP contribution in [0.4, 0.5) is 0 Å². The largest absolute Gasteiger partial charge is 0.313 e. The Morgan fingerprint density at radius 1 is 1.20 bits per heavy atom. The lowest BCUT2D eigenvalue weighted by Crippen LogP contribution is -2.40. The van der Waals surface area contributed by atoms with E-state index in [0.29, 0.717) is 17.5 Å². The molecule has 2 saturated heterocycles. The van der Waals surface area contributed by atoms with Crippen LogP contribution < -0.4 is 5.32 Å². The summed E-state index contributed by atoms with van der Waals surface area (Å²) in [6, 6.07) is 0.440. The number of hydrogen-bond acceptors (Lipinski definition) is 4. The molecule has 0 aromatic carbocycles. The van der Waals surface area contributed by atoms with E-state index >= 15 is 0 Å². The molecule has 3 nitrogen and oxygen atoms in total. The van der Waals surface area contributed by atoms with Gasteiger partial charge in [0.05, 0.1) is 11.5 Å². The highest BCUT2D eigenvalue weighted by Crippen LogP contribution is 2.25. The molecule has 88 valence electrons. The van der Waals surface area contributed by atoms with Gasteiger partial charge in [0.2, 0.25) is 0 Å². The molecule has 1 unspecified atom stereocenters. The fourth-order valence-electron chi connectivity index (χ4n) is 2.20. The van der Waals surface area contributed by atoms with E-state index in [1.165, 1.54) is 18.6 Å². The predicted molar refractivity (Wildman–Crippen MR) is 65.2 cm³/mol. The van der Waals surface area contributed by atoms with Crippen molar-refractivity contribution >= 4 is 21.6 Å². The highest BCUT2D eigenvalue weighted by molar-refractivity contribution is 8.00. The number of nitrogens with one attached hydrogen (secondary N) is 1. The second-order valence-electron chi connectivity index (χ2n) is 4.47. The number of hydrogen-bond donors (Lipinski definition) is 1. The van der Waals surface area contributed by atoms with E-state index in [1.54, 1.807) is 0 Å². The number of thioether (sulfide) groups is 1. The molecule has 1 N–H and O–H groups in total. The Hall–Kier alpha value is 0.260. The third-order valence-corrected chi connectivity index (χ3v) is 6.33. The molecule has 0 aliphatic carbocycles. The monoisotopic (exact) mass is 249 g/mol. The van der Waals surface area contributed by atoms with Gasteiger partial charge in [0.1, 0.15) is 9.84 Å². The van der Waals surface area contributed by atoms with Crippen molar-refractivity contribution in [3.05, 3.63) is 0 Å². The van der Waals surface area contributed by atoms with E-state index in [9.17, 15) is 8.42 Å². The van der Waals surface area contributed by atoms with Crippen LogP contribution in [0.5, 0.6) is 0 Å².